The molecule has 1 aliphatic rings. The number of halogens is 3. The molecular formula is C20H24ClF2N5S. The molecule has 0 unspecified atom stereocenters. The van der Waals surface area contributed by atoms with Crippen LogP contribution in [0.1, 0.15) is 17.5 Å². The van der Waals surface area contributed by atoms with Gasteiger partial charge in [-0.2, -0.15) is 0 Å². The van der Waals surface area contributed by atoms with E-state index in [1.807, 2.05) is 11.0 Å². The molecular weight excluding hydrogens is 416 g/mol. The number of hydrogen-bond acceptors (Lipinski definition) is 4. The van der Waals surface area contributed by atoms with Gasteiger partial charge in [-0.1, -0.05) is 23.7 Å². The van der Waals surface area contributed by atoms with Gasteiger partial charge >= 0.3 is 0 Å². The minimum absolute atomic E-state index is 0.132. The lowest BCUT2D eigenvalue weighted by atomic mass is 10.1. The molecule has 0 atom stereocenters. The first kappa shape index (κ1) is 21.7. The number of nitrogens with two attached hydrogens (primary N) is 1. The van der Waals surface area contributed by atoms with E-state index in [4.69, 9.17) is 29.6 Å². The summed E-state index contributed by atoms with van der Waals surface area (Å²) in [4.78, 5) is 4.19. The van der Waals surface area contributed by atoms with Crippen molar-refractivity contribution in [2.75, 3.05) is 31.1 Å². The quantitative estimate of drug-likeness (QED) is 0.475. The van der Waals surface area contributed by atoms with E-state index in [1.165, 1.54) is 12.1 Å². The number of rotatable bonds is 6. The lowest BCUT2D eigenvalue weighted by Crippen LogP contribution is -2.40. The zero-order valence-electron chi connectivity index (χ0n) is 15.9. The van der Waals surface area contributed by atoms with Crippen molar-refractivity contribution in [1.82, 2.24) is 15.8 Å². The molecule has 9 heteroatoms. The van der Waals surface area contributed by atoms with E-state index in [9.17, 15) is 8.78 Å². The van der Waals surface area contributed by atoms with Gasteiger partial charge in [-0.15, -0.1) is 0 Å². The molecule has 0 aliphatic carbocycles. The molecule has 5 nitrogen and oxygen atoms in total. The van der Waals surface area contributed by atoms with E-state index in [2.05, 4.69) is 15.8 Å². The maximum absolute atomic E-state index is 14.7. The van der Waals surface area contributed by atoms with E-state index < -0.39 is 0 Å². The Kier molecular flexibility index (Phi) is 7.60. The Morgan fingerprint density at radius 1 is 1.10 bits per heavy atom. The van der Waals surface area contributed by atoms with Gasteiger partial charge < -0.3 is 10.6 Å². The van der Waals surface area contributed by atoms with Crippen LogP contribution in [-0.2, 0) is 13.1 Å². The van der Waals surface area contributed by atoms with E-state index in [0.29, 0.717) is 42.5 Å². The van der Waals surface area contributed by atoms with Gasteiger partial charge in [0, 0.05) is 49.9 Å². The number of anilines is 1. The van der Waals surface area contributed by atoms with Crippen molar-refractivity contribution in [3.05, 3.63) is 64.2 Å². The Morgan fingerprint density at radius 3 is 2.66 bits per heavy atom. The van der Waals surface area contributed by atoms with Gasteiger partial charge in [0.05, 0.1) is 5.69 Å². The number of hydrazine groups is 1. The second kappa shape index (κ2) is 10.2. The Bertz CT molecular complexity index is 847. The Hall–Kier alpha value is -2.00. The summed E-state index contributed by atoms with van der Waals surface area (Å²) in [6, 6.07) is 9.89. The Balaban J connectivity index is 1.61. The predicted molar refractivity (Wildman–Crippen MR) is 117 cm³/mol. The first-order valence-electron chi connectivity index (χ1n) is 9.41. The van der Waals surface area contributed by atoms with E-state index in [-0.39, 0.29) is 16.7 Å². The molecule has 0 aromatic heterocycles. The van der Waals surface area contributed by atoms with Gasteiger partial charge in [0.2, 0.25) is 0 Å². The summed E-state index contributed by atoms with van der Waals surface area (Å²) in [6.45, 7) is 3.73. The number of thiocarbonyl (C=S) groups is 1. The van der Waals surface area contributed by atoms with E-state index >= 15 is 0 Å². The van der Waals surface area contributed by atoms with Crippen LogP contribution in [0.3, 0.4) is 0 Å². The third kappa shape index (κ3) is 5.99. The minimum atomic E-state index is -0.293. The van der Waals surface area contributed by atoms with Crippen LogP contribution in [-0.4, -0.2) is 36.2 Å². The summed E-state index contributed by atoms with van der Waals surface area (Å²) in [7, 11) is 0. The van der Waals surface area contributed by atoms with E-state index in [1.54, 1.807) is 18.2 Å². The van der Waals surface area contributed by atoms with Crippen LogP contribution in [0.5, 0.6) is 0 Å². The summed E-state index contributed by atoms with van der Waals surface area (Å²) < 4.78 is 28.8. The van der Waals surface area contributed by atoms with Crippen LogP contribution >= 0.6 is 23.8 Å². The van der Waals surface area contributed by atoms with Gasteiger partial charge in [-0.25, -0.2) is 14.2 Å². The molecule has 2 aromatic carbocycles. The standard InChI is InChI=1S/C20H24ClF2N5S/c21-16-3-1-4-17(22)15(16)13-27-7-2-8-28(10-9-27)19-6-5-14(11-18(19)23)12-25-26-20(24)29/h1,3-6,11,25H,2,7-10,12-13H2,(H3,24,26,29). The molecule has 29 heavy (non-hydrogen) atoms. The van der Waals surface area contributed by atoms with Crippen molar-refractivity contribution in [2.45, 2.75) is 19.5 Å². The summed E-state index contributed by atoms with van der Waals surface area (Å²) >= 11 is 10.9. The highest BCUT2D eigenvalue weighted by molar-refractivity contribution is 7.80. The fourth-order valence-electron chi connectivity index (χ4n) is 3.43. The van der Waals surface area contributed by atoms with Crippen LogP contribution in [0.4, 0.5) is 14.5 Å². The van der Waals surface area contributed by atoms with Gasteiger partial charge in [-0.3, -0.25) is 10.3 Å². The largest absolute Gasteiger partial charge is 0.375 e. The second-order valence-electron chi connectivity index (χ2n) is 6.95. The van der Waals surface area contributed by atoms with Crippen molar-refractivity contribution in [3.63, 3.8) is 0 Å². The molecule has 0 radical (unpaired) electrons. The summed E-state index contributed by atoms with van der Waals surface area (Å²) in [5.74, 6) is -0.566. The van der Waals surface area contributed by atoms with Crippen molar-refractivity contribution in [3.8, 4) is 0 Å². The molecule has 1 saturated heterocycles. The zero-order chi connectivity index (χ0) is 20.8. The highest BCUT2D eigenvalue weighted by atomic mass is 35.5. The summed E-state index contributed by atoms with van der Waals surface area (Å²) in [6.07, 6.45) is 0.854. The van der Waals surface area contributed by atoms with Gasteiger partial charge in [0.25, 0.3) is 0 Å². The fourth-order valence-corrected chi connectivity index (χ4v) is 3.72. The summed E-state index contributed by atoms with van der Waals surface area (Å²) in [5.41, 5.74) is 12.7. The maximum atomic E-state index is 14.7. The van der Waals surface area contributed by atoms with Gasteiger partial charge in [0.15, 0.2) is 5.11 Å². The summed E-state index contributed by atoms with van der Waals surface area (Å²) in [5, 5.41) is 0.569. The first-order valence-corrected chi connectivity index (χ1v) is 10.2. The Labute approximate surface area is 179 Å². The van der Waals surface area contributed by atoms with Crippen LogP contribution in [0.25, 0.3) is 0 Å². The van der Waals surface area contributed by atoms with Crippen molar-refractivity contribution in [1.29, 1.82) is 0 Å². The van der Waals surface area contributed by atoms with Crippen molar-refractivity contribution >= 4 is 34.6 Å². The third-order valence-corrected chi connectivity index (χ3v) is 5.34. The lowest BCUT2D eigenvalue weighted by molar-refractivity contribution is 0.281. The first-order chi connectivity index (χ1) is 13.9. The monoisotopic (exact) mass is 439 g/mol. The SMILES string of the molecule is NC(=S)NNCc1ccc(N2CCCN(Cc3c(F)cccc3Cl)CC2)c(F)c1. The minimum Gasteiger partial charge on any atom is -0.375 e. The molecule has 1 heterocycles. The highest BCUT2D eigenvalue weighted by Gasteiger charge is 2.19. The van der Waals surface area contributed by atoms with Crippen LogP contribution < -0.4 is 21.5 Å². The van der Waals surface area contributed by atoms with Crippen LogP contribution in [0, 0.1) is 11.6 Å². The van der Waals surface area contributed by atoms with Crippen molar-refractivity contribution < 1.29 is 8.78 Å². The topological polar surface area (TPSA) is 56.6 Å². The molecule has 1 fully saturated rings. The zero-order valence-corrected chi connectivity index (χ0v) is 17.5. The van der Waals surface area contributed by atoms with Crippen LogP contribution in [0.15, 0.2) is 36.4 Å². The highest BCUT2D eigenvalue weighted by Crippen LogP contribution is 2.24. The predicted octanol–water partition coefficient (Wildman–Crippen LogP) is 3.17. The molecule has 4 N–H and O–H groups in total. The van der Waals surface area contributed by atoms with Crippen molar-refractivity contribution in [2.24, 2.45) is 5.73 Å². The Morgan fingerprint density at radius 2 is 1.93 bits per heavy atom. The average Bonchev–Trinajstić information content (AvgIpc) is 2.90. The number of nitrogens with zero attached hydrogens (tertiary/aromatic N) is 2. The molecule has 0 bridgehead atoms. The lowest BCUT2D eigenvalue weighted by Gasteiger charge is -2.24. The number of hydrogen-bond donors (Lipinski definition) is 3. The number of nitrogens with one attached hydrogen (secondary N) is 2. The smallest absolute Gasteiger partial charge is 0.178 e. The second-order valence-corrected chi connectivity index (χ2v) is 7.79. The van der Waals surface area contributed by atoms with Gasteiger partial charge in [0.1, 0.15) is 11.6 Å². The van der Waals surface area contributed by atoms with Crippen LogP contribution in [0.2, 0.25) is 5.02 Å². The molecule has 0 amide bonds. The van der Waals surface area contributed by atoms with Gasteiger partial charge in [-0.05, 0) is 48.5 Å². The molecule has 156 valence electrons. The molecule has 1 aliphatic heterocycles. The molecule has 3 rings (SSSR count). The fraction of sp³-hybridized carbons (Fsp3) is 0.350. The average molecular weight is 440 g/mol. The van der Waals surface area contributed by atoms with E-state index in [0.717, 1.165) is 25.1 Å². The third-order valence-electron chi connectivity index (χ3n) is 4.89. The normalized spacial score (nSPS) is 15.2. The molecule has 0 spiro atoms. The molecule has 2 aromatic rings. The number of benzene rings is 2. The maximum Gasteiger partial charge on any atom is 0.178 e. The molecule has 0 saturated carbocycles.